The topological polar surface area (TPSA) is 54.5 Å². The van der Waals surface area contributed by atoms with E-state index in [2.05, 4.69) is 25.9 Å². The summed E-state index contributed by atoms with van der Waals surface area (Å²) in [5.74, 6) is 3.59. The highest BCUT2D eigenvalue weighted by molar-refractivity contribution is 5.68. The number of nitrogens with one attached hydrogen (secondary N) is 1. The molecule has 4 nitrogen and oxygen atoms in total. The summed E-state index contributed by atoms with van der Waals surface area (Å²) in [5.41, 5.74) is 1.63. The van der Waals surface area contributed by atoms with E-state index in [1.807, 2.05) is 0 Å². The van der Waals surface area contributed by atoms with Gasteiger partial charge in [-0.1, -0.05) is 0 Å². The number of rotatable bonds is 4. The number of H-pyrrole nitrogens is 1. The molecule has 0 saturated heterocycles. The molecule has 0 atom stereocenters. The minimum absolute atomic E-state index is 0.733. The Kier molecular flexibility index (Phi) is 2.93. The summed E-state index contributed by atoms with van der Waals surface area (Å²) in [6.07, 6.45) is 12.3. The normalized spacial score (nSPS) is 10.3. The molecule has 15 heavy (non-hydrogen) atoms. The second kappa shape index (κ2) is 4.56. The van der Waals surface area contributed by atoms with Gasteiger partial charge in [0.2, 0.25) is 0 Å². The first-order valence-electron chi connectivity index (χ1n) is 4.98. The van der Waals surface area contributed by atoms with Crippen molar-refractivity contribution >= 4 is 11.2 Å². The molecule has 1 N–H and O–H groups in total. The summed E-state index contributed by atoms with van der Waals surface area (Å²) < 4.78 is 0. The highest BCUT2D eigenvalue weighted by Crippen LogP contribution is 2.08. The fourth-order valence-electron chi connectivity index (χ4n) is 1.45. The maximum absolute atomic E-state index is 5.18. The Morgan fingerprint density at radius 1 is 1.40 bits per heavy atom. The molecular formula is C11H12N4. The lowest BCUT2D eigenvalue weighted by molar-refractivity contribution is 0.733. The second-order valence-electron chi connectivity index (χ2n) is 3.35. The first kappa shape index (κ1) is 9.66. The van der Waals surface area contributed by atoms with Gasteiger partial charge >= 0.3 is 0 Å². The smallest absolute Gasteiger partial charge is 0.180 e. The molecule has 0 amide bonds. The minimum Gasteiger partial charge on any atom is -0.339 e. The molecule has 0 bridgehead atoms. The summed E-state index contributed by atoms with van der Waals surface area (Å²) in [5, 5.41) is 0. The number of aromatic amines is 1. The molecule has 2 aromatic heterocycles. The highest BCUT2D eigenvalue weighted by atomic mass is 15.0. The standard InChI is InChI=1S/C11H12N4/c1-2-3-4-5-6-10-14-9-7-12-8-13-11(9)15-10/h1,7-8H,3-6H2,(H,12,13,14,15). The van der Waals surface area contributed by atoms with Gasteiger partial charge in [0, 0.05) is 12.8 Å². The number of nitrogens with zero attached hydrogens (tertiary/aromatic N) is 3. The zero-order chi connectivity index (χ0) is 10.5. The van der Waals surface area contributed by atoms with E-state index in [0.29, 0.717) is 0 Å². The molecule has 4 heteroatoms. The van der Waals surface area contributed by atoms with Crippen molar-refractivity contribution in [2.75, 3.05) is 0 Å². The predicted octanol–water partition coefficient (Wildman–Crippen LogP) is 1.70. The molecule has 76 valence electrons. The third kappa shape index (κ3) is 2.32. The lowest BCUT2D eigenvalue weighted by Crippen LogP contribution is -1.87. The number of fused-ring (bicyclic) bond motifs is 1. The zero-order valence-corrected chi connectivity index (χ0v) is 8.40. The van der Waals surface area contributed by atoms with Gasteiger partial charge in [-0.25, -0.2) is 15.0 Å². The quantitative estimate of drug-likeness (QED) is 0.603. The predicted molar refractivity (Wildman–Crippen MR) is 58.1 cm³/mol. The summed E-state index contributed by atoms with van der Waals surface area (Å²) >= 11 is 0. The molecule has 2 aromatic rings. The lowest BCUT2D eigenvalue weighted by atomic mass is 10.2. The maximum atomic E-state index is 5.18. The SMILES string of the molecule is C#CCCCCc1nc2ncncc2[nH]1. The number of hydrogen-bond acceptors (Lipinski definition) is 3. The van der Waals surface area contributed by atoms with E-state index in [4.69, 9.17) is 6.42 Å². The van der Waals surface area contributed by atoms with Crippen LogP contribution in [0.2, 0.25) is 0 Å². The van der Waals surface area contributed by atoms with E-state index in [1.165, 1.54) is 6.33 Å². The van der Waals surface area contributed by atoms with Crippen LogP contribution in [0.25, 0.3) is 11.2 Å². The Labute approximate surface area is 88.2 Å². The van der Waals surface area contributed by atoms with Gasteiger partial charge in [-0.15, -0.1) is 12.3 Å². The summed E-state index contributed by atoms with van der Waals surface area (Å²) in [6, 6.07) is 0. The highest BCUT2D eigenvalue weighted by Gasteiger charge is 2.02. The van der Waals surface area contributed by atoms with Crippen LogP contribution >= 0.6 is 0 Å². The van der Waals surface area contributed by atoms with Gasteiger partial charge < -0.3 is 4.98 Å². The van der Waals surface area contributed by atoms with Crippen LogP contribution in [0, 0.1) is 12.3 Å². The summed E-state index contributed by atoms with van der Waals surface area (Å²) in [4.78, 5) is 15.5. The molecular weight excluding hydrogens is 188 g/mol. The van der Waals surface area contributed by atoms with Crippen LogP contribution in [0.4, 0.5) is 0 Å². The Hall–Kier alpha value is -1.89. The molecule has 0 fully saturated rings. The van der Waals surface area contributed by atoms with Crippen molar-refractivity contribution in [3.05, 3.63) is 18.3 Å². The Balaban J connectivity index is 2.00. The average molecular weight is 200 g/mol. The van der Waals surface area contributed by atoms with Gasteiger partial charge in [0.05, 0.1) is 6.20 Å². The fraction of sp³-hybridized carbons (Fsp3) is 0.364. The van der Waals surface area contributed by atoms with E-state index < -0.39 is 0 Å². The summed E-state index contributed by atoms with van der Waals surface area (Å²) in [6.45, 7) is 0. The minimum atomic E-state index is 0.733. The first-order valence-corrected chi connectivity index (χ1v) is 4.98. The van der Waals surface area contributed by atoms with Crippen LogP contribution < -0.4 is 0 Å². The van der Waals surface area contributed by atoms with Gasteiger partial charge in [0.1, 0.15) is 17.7 Å². The van der Waals surface area contributed by atoms with Crippen molar-refractivity contribution < 1.29 is 0 Å². The van der Waals surface area contributed by atoms with Crippen molar-refractivity contribution in [1.29, 1.82) is 0 Å². The summed E-state index contributed by atoms with van der Waals surface area (Å²) in [7, 11) is 0. The molecule has 0 aromatic carbocycles. The molecule has 0 radical (unpaired) electrons. The second-order valence-corrected chi connectivity index (χ2v) is 3.35. The number of aryl methyl sites for hydroxylation is 1. The van der Waals surface area contributed by atoms with Gasteiger partial charge in [-0.2, -0.15) is 0 Å². The van der Waals surface area contributed by atoms with E-state index >= 15 is 0 Å². The van der Waals surface area contributed by atoms with Crippen molar-refractivity contribution in [2.45, 2.75) is 25.7 Å². The maximum Gasteiger partial charge on any atom is 0.180 e. The third-order valence-corrected chi connectivity index (χ3v) is 2.20. The Morgan fingerprint density at radius 2 is 2.33 bits per heavy atom. The fourth-order valence-corrected chi connectivity index (χ4v) is 1.45. The largest absolute Gasteiger partial charge is 0.339 e. The molecule has 2 heterocycles. The zero-order valence-electron chi connectivity index (χ0n) is 8.40. The van der Waals surface area contributed by atoms with Crippen LogP contribution in [0.3, 0.4) is 0 Å². The number of terminal acetylenes is 1. The molecule has 0 unspecified atom stereocenters. The van der Waals surface area contributed by atoms with Crippen LogP contribution in [0.15, 0.2) is 12.5 Å². The average Bonchev–Trinajstić information content (AvgIpc) is 2.67. The van der Waals surface area contributed by atoms with Crippen molar-refractivity contribution in [2.24, 2.45) is 0 Å². The molecule has 2 rings (SSSR count). The van der Waals surface area contributed by atoms with Gasteiger partial charge in [0.25, 0.3) is 0 Å². The van der Waals surface area contributed by atoms with E-state index in [0.717, 1.165) is 42.7 Å². The molecule has 0 aliphatic heterocycles. The van der Waals surface area contributed by atoms with Crippen molar-refractivity contribution in [1.82, 2.24) is 19.9 Å². The number of hydrogen-bond donors (Lipinski definition) is 1. The monoisotopic (exact) mass is 200 g/mol. The van der Waals surface area contributed by atoms with E-state index in [-0.39, 0.29) is 0 Å². The number of imidazole rings is 1. The van der Waals surface area contributed by atoms with Gasteiger partial charge in [0.15, 0.2) is 5.65 Å². The van der Waals surface area contributed by atoms with Gasteiger partial charge in [-0.05, 0) is 12.8 Å². The Morgan fingerprint density at radius 3 is 3.13 bits per heavy atom. The Bertz CT molecular complexity index is 448. The molecule has 0 spiro atoms. The van der Waals surface area contributed by atoms with Crippen molar-refractivity contribution in [3.63, 3.8) is 0 Å². The van der Waals surface area contributed by atoms with Crippen LogP contribution in [0.5, 0.6) is 0 Å². The van der Waals surface area contributed by atoms with E-state index in [9.17, 15) is 0 Å². The number of aromatic nitrogens is 4. The van der Waals surface area contributed by atoms with Gasteiger partial charge in [-0.3, -0.25) is 0 Å². The van der Waals surface area contributed by atoms with Crippen LogP contribution in [-0.2, 0) is 6.42 Å². The lowest BCUT2D eigenvalue weighted by Gasteiger charge is -1.93. The number of unbranched alkanes of at least 4 members (excludes halogenated alkanes) is 2. The van der Waals surface area contributed by atoms with Crippen LogP contribution in [0.1, 0.15) is 25.1 Å². The first-order chi connectivity index (χ1) is 7.40. The molecule has 0 aliphatic rings. The van der Waals surface area contributed by atoms with Crippen LogP contribution in [-0.4, -0.2) is 19.9 Å². The molecule has 0 saturated carbocycles. The van der Waals surface area contributed by atoms with E-state index in [1.54, 1.807) is 6.20 Å². The molecule has 0 aliphatic carbocycles. The van der Waals surface area contributed by atoms with Crippen molar-refractivity contribution in [3.8, 4) is 12.3 Å². The third-order valence-electron chi connectivity index (χ3n) is 2.20.